The van der Waals surface area contributed by atoms with Crippen molar-refractivity contribution in [2.45, 2.75) is 93.4 Å². The standard InChI is InChI=1S/C46H53N4O6.Mg/c1-10-24(4)14-13-15-25(5)18-19-56-39(52)17-16-31-27(7)34-20-33-26(6)29(11-2)36(47-33)22-38-32(23-51)30(12-3)37(48-38)21-35-28(8)40-44(50-35)41(43(31)49-34)42(45(40)53)46(54)55-9;/h11,18,20-24,27,31,42H,2,10,12-17,19H2,1,3-9H3,(H-,49,50,51,53);/q-3;+2/p-1/b25-18+,34-20-,38-22-;/t24-,27-,31-,42+;/m0./s1. The van der Waals surface area contributed by atoms with Gasteiger partial charge in [-0.1, -0.05) is 99.3 Å². The van der Waals surface area contributed by atoms with E-state index in [0.29, 0.717) is 85.9 Å². The van der Waals surface area contributed by atoms with E-state index in [4.69, 9.17) is 29.7 Å². The topological polar surface area (TPSA) is 143 Å². The Kier molecular flexibility index (Phi) is 14.0. The van der Waals surface area contributed by atoms with Crippen LogP contribution >= 0.6 is 0 Å². The number of ketones is 1. The van der Waals surface area contributed by atoms with Crippen molar-refractivity contribution in [3.8, 4) is 0 Å². The number of carbonyl (C=O) groups excluding carboxylic acids is 4. The molecule has 10 nitrogen and oxygen atoms in total. The number of methoxy groups -OCH3 is 1. The molecule has 1 aliphatic carbocycles. The summed E-state index contributed by atoms with van der Waals surface area (Å²) in [5.41, 5.74) is 8.81. The minimum absolute atomic E-state index is 0. The van der Waals surface area contributed by atoms with Gasteiger partial charge < -0.3 is 29.7 Å². The fourth-order valence-corrected chi connectivity index (χ4v) is 8.26. The number of hydrogen-bond acceptors (Lipinski definition) is 6. The van der Waals surface area contributed by atoms with Gasteiger partial charge in [0.25, 0.3) is 0 Å². The Bertz CT molecular complexity index is 2310. The molecule has 6 rings (SSSR count). The Morgan fingerprint density at radius 3 is 2.37 bits per heavy atom. The molecule has 0 amide bonds. The Balaban J connectivity index is 0.00000620. The molecule has 57 heavy (non-hydrogen) atoms. The zero-order chi connectivity index (χ0) is 40.4. The van der Waals surface area contributed by atoms with E-state index in [0.717, 1.165) is 35.8 Å². The number of allylic oxidation sites excluding steroid dienone is 3. The van der Waals surface area contributed by atoms with Gasteiger partial charge in [-0.15, -0.1) is 33.5 Å². The van der Waals surface area contributed by atoms with Gasteiger partial charge >= 0.3 is 35.0 Å². The molecule has 8 bridgehead atoms. The molecule has 2 aliphatic heterocycles. The fourth-order valence-electron chi connectivity index (χ4n) is 8.26. The van der Waals surface area contributed by atoms with Crippen LogP contribution in [0, 0.1) is 37.5 Å². The first-order chi connectivity index (χ1) is 26.9. The molecule has 0 spiro atoms. The molecule has 0 radical (unpaired) electrons. The van der Waals surface area contributed by atoms with Crippen LogP contribution in [0.4, 0.5) is 0 Å². The first-order valence-electron chi connectivity index (χ1n) is 19.8. The summed E-state index contributed by atoms with van der Waals surface area (Å²) in [6.07, 6.45) is 15.5. The van der Waals surface area contributed by atoms with Crippen molar-refractivity contribution in [1.29, 1.82) is 0 Å². The molecule has 296 valence electrons. The smallest absolute Gasteiger partial charge is 0.664 e. The summed E-state index contributed by atoms with van der Waals surface area (Å²) < 4.78 is 10.9. The molecule has 0 aromatic carbocycles. The van der Waals surface area contributed by atoms with E-state index in [1.165, 1.54) is 25.5 Å². The number of carbonyl (C=O) groups is 4. The third-order valence-electron chi connectivity index (χ3n) is 11.9. The Hall–Kier alpha value is -4.61. The minimum Gasteiger partial charge on any atom is -0.664 e. The van der Waals surface area contributed by atoms with Gasteiger partial charge in [0.2, 0.25) is 0 Å². The maximum Gasteiger partial charge on any atom is 2.00 e. The zero-order valence-electron chi connectivity index (χ0n) is 34.6. The van der Waals surface area contributed by atoms with Gasteiger partial charge in [0.1, 0.15) is 18.8 Å². The third-order valence-corrected chi connectivity index (χ3v) is 11.9. The molecule has 1 saturated heterocycles. The first-order valence-corrected chi connectivity index (χ1v) is 19.8. The molecule has 0 N–H and O–H groups in total. The van der Waals surface area contributed by atoms with Gasteiger partial charge in [-0.25, -0.2) is 0 Å². The SMILES string of the molecule is C=Cc1c2[n-]c(c1C)/C=C1\[N-]/C(=C3\c4[n-]c(c(C)c4C(=O)[C@@H]3C(=O)OC)/C=c3\[n-]/c(c(C=O)c3CC)=C\2)[C@@H](CCC(=O)OC/C=C(\C)CCC[C@@H](C)CC)[C@@H]1C.[Mg+2]. The number of nitrogens with zero attached hydrogens (tertiary/aromatic N) is 4. The average molecular weight is 781 g/mol. The van der Waals surface area contributed by atoms with Crippen LogP contribution < -0.4 is 25.7 Å². The number of fused-ring (bicyclic) bond motifs is 7. The Morgan fingerprint density at radius 2 is 1.70 bits per heavy atom. The number of esters is 2. The quantitative estimate of drug-likeness (QED) is 0.0578. The van der Waals surface area contributed by atoms with E-state index in [9.17, 15) is 19.2 Å². The molecule has 1 fully saturated rings. The van der Waals surface area contributed by atoms with Gasteiger partial charge in [0.15, 0.2) is 5.78 Å². The van der Waals surface area contributed by atoms with E-state index >= 15 is 0 Å². The van der Waals surface area contributed by atoms with E-state index in [2.05, 4.69) is 27.4 Å². The van der Waals surface area contributed by atoms with Crippen molar-refractivity contribution in [3.63, 3.8) is 0 Å². The second-order valence-corrected chi connectivity index (χ2v) is 15.4. The molecule has 0 saturated carbocycles. The predicted molar refractivity (Wildman–Crippen MR) is 224 cm³/mol. The maximum absolute atomic E-state index is 14.3. The molecule has 3 aliphatic rings. The fraction of sp³-hybridized carbons (Fsp3) is 0.435. The largest absolute Gasteiger partial charge is 2.00 e. The molecule has 3 aromatic heterocycles. The van der Waals surface area contributed by atoms with Crippen LogP contribution in [-0.2, 0) is 25.5 Å². The summed E-state index contributed by atoms with van der Waals surface area (Å²) in [7, 11) is 1.26. The Morgan fingerprint density at radius 1 is 0.982 bits per heavy atom. The van der Waals surface area contributed by atoms with E-state index < -0.39 is 17.7 Å². The molecular formula is C46H52MgN4O6-2. The molecule has 3 aromatic rings. The number of hydrogen-bond donors (Lipinski definition) is 0. The maximum atomic E-state index is 14.3. The predicted octanol–water partition coefficient (Wildman–Crippen LogP) is 6.65. The molecule has 4 atom stereocenters. The van der Waals surface area contributed by atoms with Crippen LogP contribution in [0.2, 0.25) is 0 Å². The van der Waals surface area contributed by atoms with Crippen LogP contribution in [0.15, 0.2) is 29.6 Å². The van der Waals surface area contributed by atoms with Crippen LogP contribution in [0.25, 0.3) is 35.2 Å². The van der Waals surface area contributed by atoms with Gasteiger partial charge in [-0.05, 0) is 75.8 Å². The molecule has 0 unspecified atom stereocenters. The molecular weight excluding hydrogens is 729 g/mol. The summed E-state index contributed by atoms with van der Waals surface area (Å²) in [5, 5.41) is 6.22. The van der Waals surface area contributed by atoms with E-state index in [-0.39, 0.29) is 53.9 Å². The third kappa shape index (κ3) is 8.37. The normalized spacial score (nSPS) is 22.2. The average Bonchev–Trinajstić information content (AvgIpc) is 3.93. The van der Waals surface area contributed by atoms with Gasteiger partial charge in [0.05, 0.1) is 7.11 Å². The van der Waals surface area contributed by atoms with Crippen LogP contribution in [0.1, 0.15) is 139 Å². The number of aromatic nitrogens is 3. The van der Waals surface area contributed by atoms with E-state index in [1.807, 2.05) is 39.0 Å². The number of ether oxygens (including phenoxy) is 2. The number of rotatable bonds is 14. The van der Waals surface area contributed by atoms with Gasteiger partial charge in [-0.3, -0.25) is 19.2 Å². The first kappa shape index (κ1) is 43.5. The number of Topliss-reactive ketones (excluding diaryl/α,β-unsaturated/α-hetero) is 1. The second kappa shape index (κ2) is 18.3. The van der Waals surface area contributed by atoms with Crippen molar-refractivity contribution in [1.82, 2.24) is 15.0 Å². The van der Waals surface area contributed by atoms with Crippen molar-refractivity contribution >= 4 is 76.9 Å². The summed E-state index contributed by atoms with van der Waals surface area (Å²) >= 11 is 0. The molecule has 11 heteroatoms. The summed E-state index contributed by atoms with van der Waals surface area (Å²) in [6.45, 7) is 18.6. The van der Waals surface area contributed by atoms with Crippen molar-refractivity contribution < 1.29 is 28.7 Å². The van der Waals surface area contributed by atoms with E-state index in [1.54, 1.807) is 19.1 Å². The van der Waals surface area contributed by atoms with Crippen molar-refractivity contribution in [2.75, 3.05) is 13.7 Å². The van der Waals surface area contributed by atoms with Crippen LogP contribution in [-0.4, -0.2) is 60.8 Å². The van der Waals surface area contributed by atoms with Crippen LogP contribution in [0.3, 0.4) is 0 Å². The van der Waals surface area contributed by atoms with Gasteiger partial charge in [0, 0.05) is 17.5 Å². The van der Waals surface area contributed by atoms with Crippen molar-refractivity contribution in [3.05, 3.63) is 102 Å². The van der Waals surface area contributed by atoms with Crippen molar-refractivity contribution in [2.24, 2.45) is 23.7 Å². The summed E-state index contributed by atoms with van der Waals surface area (Å²) in [6, 6.07) is 0. The monoisotopic (exact) mass is 780 g/mol. The second-order valence-electron chi connectivity index (χ2n) is 15.4. The minimum atomic E-state index is -1.26. The summed E-state index contributed by atoms with van der Waals surface area (Å²) in [4.78, 5) is 68.4. The Labute approximate surface area is 351 Å². The van der Waals surface area contributed by atoms with Crippen LogP contribution in [0.5, 0.6) is 0 Å². The molecule has 5 heterocycles. The summed E-state index contributed by atoms with van der Waals surface area (Å²) in [5.74, 6) is -2.58. The number of aldehydes is 1. The van der Waals surface area contributed by atoms with Gasteiger partial charge in [-0.2, -0.15) is 11.4 Å². The zero-order valence-corrected chi connectivity index (χ0v) is 36.0.